The van der Waals surface area contributed by atoms with E-state index in [1.165, 1.54) is 17.8 Å². The van der Waals surface area contributed by atoms with Crippen molar-refractivity contribution in [1.82, 2.24) is 5.32 Å². The molecule has 21 heavy (non-hydrogen) atoms. The van der Waals surface area contributed by atoms with Crippen LogP contribution in [-0.2, 0) is 6.54 Å². The summed E-state index contributed by atoms with van der Waals surface area (Å²) >= 11 is 1.43. The van der Waals surface area contributed by atoms with Crippen molar-refractivity contribution in [1.29, 1.82) is 0 Å². The zero-order valence-corrected chi connectivity index (χ0v) is 13.2. The number of halogens is 1. The maximum Gasteiger partial charge on any atom is 0.137 e. The lowest BCUT2D eigenvalue weighted by molar-refractivity contribution is 0.413. The molecule has 1 N–H and O–H groups in total. The fourth-order valence-electron chi connectivity index (χ4n) is 1.99. The summed E-state index contributed by atoms with van der Waals surface area (Å²) in [5, 5.41) is 3.32. The minimum absolute atomic E-state index is 0.182. The van der Waals surface area contributed by atoms with Crippen LogP contribution in [0.25, 0.3) is 0 Å². The van der Waals surface area contributed by atoms with Crippen LogP contribution in [0, 0.1) is 5.82 Å². The van der Waals surface area contributed by atoms with Gasteiger partial charge in [0.25, 0.3) is 0 Å². The second kappa shape index (κ2) is 8.05. The Bertz CT molecular complexity index is 589. The summed E-state index contributed by atoms with van der Waals surface area (Å²) in [5.41, 5.74) is 0.983. The fourth-order valence-corrected chi connectivity index (χ4v) is 2.98. The van der Waals surface area contributed by atoms with Gasteiger partial charge in [0.2, 0.25) is 0 Å². The van der Waals surface area contributed by atoms with Gasteiger partial charge in [-0.25, -0.2) is 4.39 Å². The molecule has 0 radical (unpaired) electrons. The molecule has 112 valence electrons. The number of methoxy groups -OCH3 is 1. The van der Waals surface area contributed by atoms with Crippen molar-refractivity contribution in [2.75, 3.05) is 13.7 Å². The molecule has 2 aromatic rings. The summed E-state index contributed by atoms with van der Waals surface area (Å²) in [7, 11) is 1.63. The predicted octanol–water partition coefficient (Wildman–Crippen LogP) is 4.49. The predicted molar refractivity (Wildman–Crippen MR) is 85.5 cm³/mol. The first-order valence-corrected chi connectivity index (χ1v) is 7.86. The Hall–Kier alpha value is -1.52. The molecule has 0 saturated heterocycles. The monoisotopic (exact) mass is 305 g/mol. The zero-order valence-electron chi connectivity index (χ0n) is 12.4. The van der Waals surface area contributed by atoms with E-state index in [0.717, 1.165) is 29.2 Å². The first-order chi connectivity index (χ1) is 10.2. The third-order valence-electron chi connectivity index (χ3n) is 3.05. The van der Waals surface area contributed by atoms with Gasteiger partial charge in [0, 0.05) is 11.4 Å². The van der Waals surface area contributed by atoms with Crippen molar-refractivity contribution in [2.45, 2.75) is 29.7 Å². The molecule has 2 rings (SSSR count). The first-order valence-electron chi connectivity index (χ1n) is 7.04. The Kier molecular flexibility index (Phi) is 6.08. The van der Waals surface area contributed by atoms with Crippen LogP contribution in [0.1, 0.15) is 18.9 Å². The zero-order chi connectivity index (χ0) is 15.1. The van der Waals surface area contributed by atoms with E-state index in [0.29, 0.717) is 11.4 Å². The smallest absolute Gasteiger partial charge is 0.137 e. The summed E-state index contributed by atoms with van der Waals surface area (Å²) in [6, 6.07) is 12.9. The molecule has 0 spiro atoms. The summed E-state index contributed by atoms with van der Waals surface area (Å²) in [5.74, 6) is 0.598. The standard InChI is InChI=1S/C17H20FNOS/c1-3-10-19-12-13-6-4-9-16(18)17(13)21-15-8-5-7-14(11-15)20-2/h4-9,11,19H,3,10,12H2,1-2H3. The molecule has 2 aromatic carbocycles. The van der Waals surface area contributed by atoms with E-state index in [1.54, 1.807) is 13.2 Å². The van der Waals surface area contributed by atoms with Gasteiger partial charge in [-0.05, 0) is 42.8 Å². The van der Waals surface area contributed by atoms with Gasteiger partial charge in [0.15, 0.2) is 0 Å². The average Bonchev–Trinajstić information content (AvgIpc) is 2.51. The van der Waals surface area contributed by atoms with Crippen LogP contribution in [0.3, 0.4) is 0 Å². The van der Waals surface area contributed by atoms with Crippen molar-refractivity contribution in [3.8, 4) is 5.75 Å². The van der Waals surface area contributed by atoms with Crippen molar-refractivity contribution < 1.29 is 9.13 Å². The summed E-state index contributed by atoms with van der Waals surface area (Å²) < 4.78 is 19.4. The second-order valence-electron chi connectivity index (χ2n) is 4.69. The minimum Gasteiger partial charge on any atom is -0.497 e. The molecule has 0 aliphatic carbocycles. The Morgan fingerprint density at radius 1 is 1.19 bits per heavy atom. The molecule has 4 heteroatoms. The van der Waals surface area contributed by atoms with Crippen molar-refractivity contribution in [3.05, 3.63) is 53.8 Å². The van der Waals surface area contributed by atoms with Crippen LogP contribution < -0.4 is 10.1 Å². The van der Waals surface area contributed by atoms with E-state index in [4.69, 9.17) is 4.74 Å². The number of hydrogen-bond donors (Lipinski definition) is 1. The van der Waals surface area contributed by atoms with Gasteiger partial charge in [0.05, 0.1) is 12.0 Å². The Morgan fingerprint density at radius 3 is 2.76 bits per heavy atom. The Labute approximate surface area is 129 Å². The van der Waals surface area contributed by atoms with Gasteiger partial charge in [0.1, 0.15) is 11.6 Å². The van der Waals surface area contributed by atoms with E-state index in [2.05, 4.69) is 12.2 Å². The lowest BCUT2D eigenvalue weighted by Gasteiger charge is -2.11. The molecule has 0 unspecified atom stereocenters. The fraction of sp³-hybridized carbons (Fsp3) is 0.294. The van der Waals surface area contributed by atoms with E-state index < -0.39 is 0 Å². The highest BCUT2D eigenvalue weighted by molar-refractivity contribution is 7.99. The maximum atomic E-state index is 14.1. The number of rotatable bonds is 7. The molecule has 0 aliphatic rings. The largest absolute Gasteiger partial charge is 0.497 e. The third kappa shape index (κ3) is 4.48. The molecule has 0 fully saturated rings. The average molecular weight is 305 g/mol. The highest BCUT2D eigenvalue weighted by Crippen LogP contribution is 2.34. The van der Waals surface area contributed by atoms with Gasteiger partial charge >= 0.3 is 0 Å². The van der Waals surface area contributed by atoms with Gasteiger partial charge < -0.3 is 10.1 Å². The number of hydrogen-bond acceptors (Lipinski definition) is 3. The van der Waals surface area contributed by atoms with Gasteiger partial charge in [-0.15, -0.1) is 0 Å². The molecule has 0 bridgehead atoms. The van der Waals surface area contributed by atoms with Crippen LogP contribution in [0.5, 0.6) is 5.75 Å². The number of ether oxygens (including phenoxy) is 1. The maximum absolute atomic E-state index is 14.1. The number of benzene rings is 2. The van der Waals surface area contributed by atoms with Crippen molar-refractivity contribution >= 4 is 11.8 Å². The second-order valence-corrected chi connectivity index (χ2v) is 5.77. The molecule has 2 nitrogen and oxygen atoms in total. The SMILES string of the molecule is CCCNCc1cccc(F)c1Sc1cccc(OC)c1. The van der Waals surface area contributed by atoms with Crippen LogP contribution in [0.2, 0.25) is 0 Å². The molecule has 0 heterocycles. The Balaban J connectivity index is 2.21. The number of nitrogens with one attached hydrogen (secondary N) is 1. The quantitative estimate of drug-likeness (QED) is 0.762. The molecular formula is C17H20FNOS. The summed E-state index contributed by atoms with van der Waals surface area (Å²) in [6.07, 6.45) is 1.06. The third-order valence-corrected chi connectivity index (χ3v) is 4.20. The van der Waals surface area contributed by atoms with Crippen molar-refractivity contribution in [2.24, 2.45) is 0 Å². The highest BCUT2D eigenvalue weighted by atomic mass is 32.2. The van der Waals surface area contributed by atoms with Gasteiger partial charge in [-0.2, -0.15) is 0 Å². The molecule has 0 saturated carbocycles. The van der Waals surface area contributed by atoms with Crippen LogP contribution in [0.4, 0.5) is 4.39 Å². The van der Waals surface area contributed by atoms with E-state index in [-0.39, 0.29) is 5.82 Å². The molecular weight excluding hydrogens is 285 g/mol. The summed E-state index contributed by atoms with van der Waals surface area (Å²) in [4.78, 5) is 1.64. The first kappa shape index (κ1) is 15.9. The van der Waals surface area contributed by atoms with Crippen LogP contribution in [0.15, 0.2) is 52.3 Å². The molecule has 0 aliphatic heterocycles. The van der Waals surface area contributed by atoms with E-state index in [9.17, 15) is 4.39 Å². The molecule has 0 aromatic heterocycles. The molecule has 0 atom stereocenters. The van der Waals surface area contributed by atoms with E-state index >= 15 is 0 Å². The van der Waals surface area contributed by atoms with Gasteiger partial charge in [-0.3, -0.25) is 0 Å². The topological polar surface area (TPSA) is 21.3 Å². The van der Waals surface area contributed by atoms with Gasteiger partial charge in [-0.1, -0.05) is 36.9 Å². The molecule has 0 amide bonds. The lowest BCUT2D eigenvalue weighted by atomic mass is 10.2. The van der Waals surface area contributed by atoms with E-state index in [1.807, 2.05) is 30.3 Å². The Morgan fingerprint density at radius 2 is 2.00 bits per heavy atom. The summed E-state index contributed by atoms with van der Waals surface area (Å²) in [6.45, 7) is 3.72. The normalized spacial score (nSPS) is 10.6. The minimum atomic E-state index is -0.182. The van der Waals surface area contributed by atoms with Crippen molar-refractivity contribution in [3.63, 3.8) is 0 Å². The highest BCUT2D eigenvalue weighted by Gasteiger charge is 2.10. The lowest BCUT2D eigenvalue weighted by Crippen LogP contribution is -2.14. The van der Waals surface area contributed by atoms with Crippen LogP contribution in [-0.4, -0.2) is 13.7 Å². The van der Waals surface area contributed by atoms with Crippen LogP contribution >= 0.6 is 11.8 Å².